The summed E-state index contributed by atoms with van der Waals surface area (Å²) in [5, 5.41) is 5.01. The molecular weight excluding hydrogens is 274 g/mol. The van der Waals surface area contributed by atoms with Crippen LogP contribution in [0.2, 0.25) is 0 Å². The van der Waals surface area contributed by atoms with Gasteiger partial charge in [0.25, 0.3) is 5.91 Å². The number of carbonyl (C=O) groups excluding carboxylic acids is 3. The van der Waals surface area contributed by atoms with Crippen LogP contribution in [0.15, 0.2) is 30.3 Å². The second-order valence-electron chi connectivity index (χ2n) is 4.58. The van der Waals surface area contributed by atoms with Crippen molar-refractivity contribution >= 4 is 23.6 Å². The first-order valence-electron chi connectivity index (χ1n) is 6.39. The Morgan fingerprint density at radius 2 is 1.81 bits per heavy atom. The molecule has 0 aliphatic carbocycles. The van der Waals surface area contributed by atoms with Crippen molar-refractivity contribution in [2.75, 3.05) is 26.0 Å². The van der Waals surface area contributed by atoms with Crippen LogP contribution in [-0.4, -0.2) is 49.6 Å². The molecule has 0 fully saturated rings. The largest absolute Gasteiger partial charge is 0.454 e. The summed E-state index contributed by atoms with van der Waals surface area (Å²) in [6.45, 7) is 1.13. The van der Waals surface area contributed by atoms with Gasteiger partial charge in [-0.25, -0.2) is 9.59 Å². The molecule has 0 unspecified atom stereocenters. The van der Waals surface area contributed by atoms with E-state index in [-0.39, 0.29) is 12.5 Å². The van der Waals surface area contributed by atoms with Gasteiger partial charge in [0.2, 0.25) is 0 Å². The predicted molar refractivity (Wildman–Crippen MR) is 77.7 cm³/mol. The van der Waals surface area contributed by atoms with Crippen LogP contribution in [0.4, 0.5) is 10.5 Å². The second kappa shape index (κ2) is 7.88. The molecule has 0 radical (unpaired) electrons. The van der Waals surface area contributed by atoms with Gasteiger partial charge in [0.15, 0.2) is 6.61 Å². The van der Waals surface area contributed by atoms with Gasteiger partial charge in [0, 0.05) is 19.8 Å². The second-order valence-corrected chi connectivity index (χ2v) is 4.58. The minimum Gasteiger partial charge on any atom is -0.454 e. The van der Waals surface area contributed by atoms with E-state index in [0.717, 1.165) is 0 Å². The van der Waals surface area contributed by atoms with Gasteiger partial charge in [-0.15, -0.1) is 0 Å². The van der Waals surface area contributed by atoms with Crippen LogP contribution in [0.3, 0.4) is 0 Å². The number of urea groups is 1. The molecule has 7 heteroatoms. The molecule has 0 spiro atoms. The van der Waals surface area contributed by atoms with E-state index in [1.807, 2.05) is 6.07 Å². The Morgan fingerprint density at radius 1 is 1.19 bits per heavy atom. The lowest BCUT2D eigenvalue weighted by Crippen LogP contribution is -2.42. The Balaban J connectivity index is 2.38. The number of likely N-dealkylation sites (N-methyl/N-ethyl adjacent to an activating group) is 1. The van der Waals surface area contributed by atoms with Crippen LogP contribution < -0.4 is 10.6 Å². The van der Waals surface area contributed by atoms with Crippen LogP contribution in [0, 0.1) is 0 Å². The lowest BCUT2D eigenvalue weighted by Gasteiger charge is -2.15. The summed E-state index contributed by atoms with van der Waals surface area (Å²) in [7, 11) is 3.12. The molecule has 1 atom stereocenters. The van der Waals surface area contributed by atoms with Crippen molar-refractivity contribution in [3.63, 3.8) is 0 Å². The third-order valence-corrected chi connectivity index (χ3v) is 2.57. The number of hydrogen-bond acceptors (Lipinski definition) is 4. The molecule has 1 aromatic carbocycles. The standard InChI is InChI=1S/C14H19N3O4/c1-10(13(19)21-9-12(18)17(2)3)15-14(20)16-11-7-5-4-6-8-11/h4-8,10H,9H2,1-3H3,(H2,15,16,20)/t10-/m0/s1. The van der Waals surface area contributed by atoms with Crippen LogP contribution in [0.25, 0.3) is 0 Å². The monoisotopic (exact) mass is 293 g/mol. The van der Waals surface area contributed by atoms with Gasteiger partial charge in [-0.05, 0) is 19.1 Å². The van der Waals surface area contributed by atoms with Gasteiger partial charge in [-0.2, -0.15) is 0 Å². The van der Waals surface area contributed by atoms with Crippen molar-refractivity contribution in [2.24, 2.45) is 0 Å². The normalized spacial score (nSPS) is 11.2. The van der Waals surface area contributed by atoms with E-state index >= 15 is 0 Å². The molecule has 0 bridgehead atoms. The van der Waals surface area contributed by atoms with E-state index in [2.05, 4.69) is 10.6 Å². The molecule has 0 saturated carbocycles. The topological polar surface area (TPSA) is 87.7 Å². The fourth-order valence-electron chi connectivity index (χ4n) is 1.33. The zero-order valence-corrected chi connectivity index (χ0v) is 12.3. The summed E-state index contributed by atoms with van der Waals surface area (Å²) in [6.07, 6.45) is 0. The molecule has 7 nitrogen and oxygen atoms in total. The fourth-order valence-corrected chi connectivity index (χ4v) is 1.33. The van der Waals surface area contributed by atoms with E-state index in [9.17, 15) is 14.4 Å². The zero-order valence-electron chi connectivity index (χ0n) is 12.3. The SMILES string of the molecule is C[C@H](NC(=O)Nc1ccccc1)C(=O)OCC(=O)N(C)C. The number of nitrogens with one attached hydrogen (secondary N) is 2. The molecule has 0 aromatic heterocycles. The molecular formula is C14H19N3O4. The Kier molecular flexibility index (Phi) is 6.19. The highest BCUT2D eigenvalue weighted by Gasteiger charge is 2.18. The number of anilines is 1. The fraction of sp³-hybridized carbons (Fsp3) is 0.357. The molecule has 0 heterocycles. The highest BCUT2D eigenvalue weighted by Crippen LogP contribution is 2.04. The molecule has 1 aromatic rings. The molecule has 21 heavy (non-hydrogen) atoms. The average Bonchev–Trinajstić information content (AvgIpc) is 2.44. The maximum atomic E-state index is 11.7. The lowest BCUT2D eigenvalue weighted by molar-refractivity contribution is -0.152. The Bertz CT molecular complexity index is 502. The first-order valence-corrected chi connectivity index (χ1v) is 6.39. The van der Waals surface area contributed by atoms with E-state index in [1.54, 1.807) is 38.4 Å². The maximum absolute atomic E-state index is 11.7. The van der Waals surface area contributed by atoms with Gasteiger partial charge >= 0.3 is 12.0 Å². The summed E-state index contributed by atoms with van der Waals surface area (Å²) < 4.78 is 4.81. The van der Waals surface area contributed by atoms with Crippen molar-refractivity contribution in [3.05, 3.63) is 30.3 Å². The first-order chi connectivity index (χ1) is 9.90. The summed E-state index contributed by atoms with van der Waals surface area (Å²) in [5.41, 5.74) is 0.610. The number of carbonyl (C=O) groups is 3. The van der Waals surface area contributed by atoms with E-state index < -0.39 is 18.0 Å². The third kappa shape index (κ3) is 5.94. The van der Waals surface area contributed by atoms with Crippen LogP contribution in [0.1, 0.15) is 6.92 Å². The number of rotatable bonds is 5. The maximum Gasteiger partial charge on any atom is 0.328 e. The zero-order chi connectivity index (χ0) is 15.8. The Hall–Kier alpha value is -2.57. The van der Waals surface area contributed by atoms with Crippen molar-refractivity contribution in [3.8, 4) is 0 Å². The van der Waals surface area contributed by atoms with E-state index in [4.69, 9.17) is 4.74 Å². The van der Waals surface area contributed by atoms with Crippen LogP contribution >= 0.6 is 0 Å². The molecule has 2 N–H and O–H groups in total. The first kappa shape index (κ1) is 16.5. The summed E-state index contributed by atoms with van der Waals surface area (Å²) in [4.78, 5) is 35.9. The Labute approximate surface area is 123 Å². The molecule has 114 valence electrons. The molecule has 1 rings (SSSR count). The summed E-state index contributed by atoms with van der Waals surface area (Å²) in [5.74, 6) is -1.00. The van der Waals surface area contributed by atoms with Crippen molar-refractivity contribution < 1.29 is 19.1 Å². The molecule has 0 saturated heterocycles. The summed E-state index contributed by atoms with van der Waals surface area (Å²) in [6, 6.07) is 7.44. The summed E-state index contributed by atoms with van der Waals surface area (Å²) >= 11 is 0. The van der Waals surface area contributed by atoms with Gasteiger partial charge in [0.1, 0.15) is 6.04 Å². The van der Waals surface area contributed by atoms with Gasteiger partial charge in [-0.1, -0.05) is 18.2 Å². The molecule has 0 aliphatic rings. The minimum atomic E-state index is -0.858. The van der Waals surface area contributed by atoms with Crippen LogP contribution in [0.5, 0.6) is 0 Å². The van der Waals surface area contributed by atoms with E-state index in [0.29, 0.717) is 5.69 Å². The number of ether oxygens (including phenoxy) is 1. The quantitative estimate of drug-likeness (QED) is 0.787. The average molecular weight is 293 g/mol. The van der Waals surface area contributed by atoms with Crippen molar-refractivity contribution in [1.82, 2.24) is 10.2 Å². The van der Waals surface area contributed by atoms with Crippen LogP contribution in [-0.2, 0) is 14.3 Å². The number of nitrogens with zero attached hydrogens (tertiary/aromatic N) is 1. The van der Waals surface area contributed by atoms with Gasteiger partial charge in [0.05, 0.1) is 0 Å². The third-order valence-electron chi connectivity index (χ3n) is 2.57. The van der Waals surface area contributed by atoms with Gasteiger partial charge in [-0.3, -0.25) is 4.79 Å². The van der Waals surface area contributed by atoms with Crippen molar-refractivity contribution in [2.45, 2.75) is 13.0 Å². The minimum absolute atomic E-state index is 0.329. The van der Waals surface area contributed by atoms with Gasteiger partial charge < -0.3 is 20.3 Å². The number of amides is 3. The van der Waals surface area contributed by atoms with Crippen molar-refractivity contribution in [1.29, 1.82) is 0 Å². The highest BCUT2D eigenvalue weighted by atomic mass is 16.5. The lowest BCUT2D eigenvalue weighted by atomic mass is 10.3. The predicted octanol–water partition coefficient (Wildman–Crippen LogP) is 0.828. The Morgan fingerprint density at radius 3 is 2.38 bits per heavy atom. The van der Waals surface area contributed by atoms with E-state index in [1.165, 1.54) is 11.8 Å². The number of para-hydroxylation sites is 1. The highest BCUT2D eigenvalue weighted by molar-refractivity contribution is 5.92. The number of esters is 1. The number of benzene rings is 1. The molecule has 3 amide bonds. The molecule has 0 aliphatic heterocycles. The number of hydrogen-bond donors (Lipinski definition) is 2. The smallest absolute Gasteiger partial charge is 0.328 e.